The Balaban J connectivity index is 2.36. The highest BCUT2D eigenvalue weighted by atomic mass is 32.2. The van der Waals surface area contributed by atoms with Gasteiger partial charge in [-0.25, -0.2) is 8.42 Å². The van der Waals surface area contributed by atoms with Crippen LogP contribution in [0.25, 0.3) is 0 Å². The van der Waals surface area contributed by atoms with Gasteiger partial charge in [0.05, 0.1) is 35.5 Å². The van der Waals surface area contributed by atoms with Crippen LogP contribution in [0, 0.1) is 11.3 Å². The summed E-state index contributed by atoms with van der Waals surface area (Å²) in [6.45, 7) is 4.43. The highest BCUT2D eigenvalue weighted by Crippen LogP contribution is 2.12. The molecule has 1 rings (SSSR count). The van der Waals surface area contributed by atoms with Crippen molar-refractivity contribution in [2.75, 3.05) is 32.1 Å². The highest BCUT2D eigenvalue weighted by Gasteiger charge is 2.13. The van der Waals surface area contributed by atoms with E-state index in [2.05, 4.69) is 12.2 Å². The van der Waals surface area contributed by atoms with Crippen LogP contribution in [0.4, 0.5) is 0 Å². The molecule has 0 saturated carbocycles. The van der Waals surface area contributed by atoms with Gasteiger partial charge in [0.25, 0.3) is 0 Å². The molecule has 0 aliphatic heterocycles. The smallest absolute Gasteiger partial charge is 0.180 e. The average molecular weight is 296 g/mol. The first-order chi connectivity index (χ1) is 9.60. The quantitative estimate of drug-likeness (QED) is 0.696. The van der Waals surface area contributed by atoms with Gasteiger partial charge < -0.3 is 10.1 Å². The molecule has 0 aliphatic carbocycles. The molecule has 0 unspecified atom stereocenters. The summed E-state index contributed by atoms with van der Waals surface area (Å²) < 4.78 is 29.3. The summed E-state index contributed by atoms with van der Waals surface area (Å²) in [5.41, 5.74) is 0.446. The Labute approximate surface area is 120 Å². The van der Waals surface area contributed by atoms with E-state index in [1.807, 2.05) is 6.07 Å². The molecule has 0 fully saturated rings. The van der Waals surface area contributed by atoms with Crippen LogP contribution in [0.1, 0.15) is 18.9 Å². The van der Waals surface area contributed by atoms with Crippen molar-refractivity contribution >= 4 is 9.84 Å². The van der Waals surface area contributed by atoms with E-state index in [1.54, 1.807) is 0 Å². The van der Waals surface area contributed by atoms with Gasteiger partial charge in [0, 0.05) is 6.54 Å². The fourth-order valence-electron chi connectivity index (χ4n) is 1.57. The van der Waals surface area contributed by atoms with Gasteiger partial charge in [0.15, 0.2) is 9.84 Å². The van der Waals surface area contributed by atoms with Crippen molar-refractivity contribution in [3.8, 4) is 6.07 Å². The molecule has 1 aromatic carbocycles. The van der Waals surface area contributed by atoms with Crippen LogP contribution in [0.2, 0.25) is 0 Å². The van der Waals surface area contributed by atoms with E-state index in [4.69, 9.17) is 10.00 Å². The van der Waals surface area contributed by atoms with Crippen LogP contribution >= 0.6 is 0 Å². The van der Waals surface area contributed by atoms with Crippen LogP contribution in [0.5, 0.6) is 0 Å². The van der Waals surface area contributed by atoms with E-state index in [0.29, 0.717) is 12.2 Å². The van der Waals surface area contributed by atoms with Gasteiger partial charge in [-0.05, 0) is 37.2 Å². The number of ether oxygens (including phenoxy) is 1. The number of benzene rings is 1. The van der Waals surface area contributed by atoms with Crippen molar-refractivity contribution in [2.24, 2.45) is 0 Å². The third kappa shape index (κ3) is 5.70. The van der Waals surface area contributed by atoms with Crippen molar-refractivity contribution in [3.05, 3.63) is 29.8 Å². The number of rotatable bonds is 9. The molecule has 0 saturated heterocycles. The van der Waals surface area contributed by atoms with E-state index in [-0.39, 0.29) is 17.3 Å². The summed E-state index contributed by atoms with van der Waals surface area (Å²) in [7, 11) is -3.34. The number of hydrogen-bond donors (Lipinski definition) is 1. The zero-order valence-electron chi connectivity index (χ0n) is 11.6. The van der Waals surface area contributed by atoms with Gasteiger partial charge in [-0.15, -0.1) is 0 Å². The molecule has 110 valence electrons. The zero-order chi connectivity index (χ0) is 14.8. The molecule has 0 spiro atoms. The van der Waals surface area contributed by atoms with Crippen molar-refractivity contribution in [2.45, 2.75) is 18.2 Å². The minimum absolute atomic E-state index is 0.0489. The first-order valence-electron chi connectivity index (χ1n) is 6.61. The zero-order valence-corrected chi connectivity index (χ0v) is 12.4. The van der Waals surface area contributed by atoms with Crippen molar-refractivity contribution in [3.63, 3.8) is 0 Å². The molecule has 0 amide bonds. The second kappa shape index (κ2) is 8.69. The minimum Gasteiger partial charge on any atom is -0.379 e. The lowest BCUT2D eigenvalue weighted by molar-refractivity contribution is 0.151. The molecule has 1 aromatic rings. The van der Waals surface area contributed by atoms with Gasteiger partial charge in [-0.3, -0.25) is 0 Å². The van der Waals surface area contributed by atoms with Crippen molar-refractivity contribution in [1.82, 2.24) is 5.32 Å². The van der Waals surface area contributed by atoms with Gasteiger partial charge in [-0.2, -0.15) is 5.26 Å². The Morgan fingerprint density at radius 3 is 2.50 bits per heavy atom. The molecule has 0 aromatic heterocycles. The van der Waals surface area contributed by atoms with E-state index in [0.717, 1.165) is 19.5 Å². The van der Waals surface area contributed by atoms with Gasteiger partial charge in [0.1, 0.15) is 0 Å². The summed E-state index contributed by atoms with van der Waals surface area (Å²) >= 11 is 0. The third-order valence-electron chi connectivity index (χ3n) is 2.69. The second-order valence-corrected chi connectivity index (χ2v) is 6.43. The average Bonchev–Trinajstić information content (AvgIpc) is 2.46. The number of nitriles is 1. The number of nitrogens with zero attached hydrogens (tertiary/aromatic N) is 1. The number of sulfone groups is 1. The fourth-order valence-corrected chi connectivity index (χ4v) is 2.70. The van der Waals surface area contributed by atoms with E-state index >= 15 is 0 Å². The standard InChI is InChI=1S/C14H20N2O3S/c1-2-7-16-8-9-19-10-11-20(17,18)14-5-3-13(12-15)4-6-14/h3-6,16H,2,7-11H2,1H3. The van der Waals surface area contributed by atoms with Gasteiger partial charge in [0.2, 0.25) is 0 Å². The first kappa shape index (κ1) is 16.6. The summed E-state index contributed by atoms with van der Waals surface area (Å²) in [4.78, 5) is 0.226. The fraction of sp³-hybridized carbons (Fsp3) is 0.500. The topological polar surface area (TPSA) is 79.2 Å². The Bertz CT molecular complexity index is 533. The third-order valence-corrected chi connectivity index (χ3v) is 4.38. The van der Waals surface area contributed by atoms with E-state index in [1.165, 1.54) is 24.3 Å². The summed E-state index contributed by atoms with van der Waals surface area (Å²) in [5.74, 6) is -0.0489. The van der Waals surface area contributed by atoms with Crippen LogP contribution in [-0.4, -0.2) is 40.5 Å². The SMILES string of the molecule is CCCNCCOCCS(=O)(=O)c1ccc(C#N)cc1. The maximum absolute atomic E-state index is 12.0. The van der Waals surface area contributed by atoms with E-state index in [9.17, 15) is 8.42 Å². The summed E-state index contributed by atoms with van der Waals surface area (Å²) in [6.07, 6.45) is 1.06. The molecule has 0 heterocycles. The maximum atomic E-state index is 12.0. The lowest BCUT2D eigenvalue weighted by Gasteiger charge is -2.06. The minimum atomic E-state index is -3.34. The van der Waals surface area contributed by atoms with Crippen LogP contribution in [0.15, 0.2) is 29.2 Å². The largest absolute Gasteiger partial charge is 0.379 e. The molecular weight excluding hydrogens is 276 g/mol. The lowest BCUT2D eigenvalue weighted by atomic mass is 10.2. The lowest BCUT2D eigenvalue weighted by Crippen LogP contribution is -2.22. The molecule has 20 heavy (non-hydrogen) atoms. The Kier molecular flexibility index (Phi) is 7.23. The predicted molar refractivity (Wildman–Crippen MR) is 77.2 cm³/mol. The van der Waals surface area contributed by atoms with Crippen LogP contribution < -0.4 is 5.32 Å². The van der Waals surface area contributed by atoms with E-state index < -0.39 is 9.84 Å². The molecule has 0 aliphatic rings. The first-order valence-corrected chi connectivity index (χ1v) is 8.26. The molecule has 0 bridgehead atoms. The Morgan fingerprint density at radius 1 is 1.20 bits per heavy atom. The van der Waals surface area contributed by atoms with Crippen LogP contribution in [-0.2, 0) is 14.6 Å². The summed E-state index contributed by atoms with van der Waals surface area (Å²) in [6, 6.07) is 7.87. The Morgan fingerprint density at radius 2 is 1.90 bits per heavy atom. The van der Waals surface area contributed by atoms with Crippen LogP contribution in [0.3, 0.4) is 0 Å². The molecule has 1 N–H and O–H groups in total. The maximum Gasteiger partial charge on any atom is 0.180 e. The Hall–Kier alpha value is -1.42. The number of hydrogen-bond acceptors (Lipinski definition) is 5. The monoisotopic (exact) mass is 296 g/mol. The molecule has 0 atom stereocenters. The van der Waals surface area contributed by atoms with Crippen molar-refractivity contribution in [1.29, 1.82) is 5.26 Å². The van der Waals surface area contributed by atoms with Gasteiger partial charge in [-0.1, -0.05) is 6.92 Å². The van der Waals surface area contributed by atoms with Crippen molar-refractivity contribution < 1.29 is 13.2 Å². The molecule has 0 radical (unpaired) electrons. The highest BCUT2D eigenvalue weighted by molar-refractivity contribution is 7.91. The summed E-state index contributed by atoms with van der Waals surface area (Å²) in [5, 5.41) is 11.8. The number of nitrogens with one attached hydrogen (secondary N) is 1. The van der Waals surface area contributed by atoms with Gasteiger partial charge >= 0.3 is 0 Å². The molecular formula is C14H20N2O3S. The molecule has 6 heteroatoms. The normalized spacial score (nSPS) is 11.2. The predicted octanol–water partition coefficient (Wildman–Crippen LogP) is 1.35. The molecule has 5 nitrogen and oxygen atoms in total. The second-order valence-electron chi connectivity index (χ2n) is 4.32.